The Morgan fingerprint density at radius 3 is 2.56 bits per heavy atom. The summed E-state index contributed by atoms with van der Waals surface area (Å²) < 4.78 is 5.66. The summed E-state index contributed by atoms with van der Waals surface area (Å²) in [5.74, 6) is -1.79. The monoisotopic (exact) mass is 366 g/mol. The van der Waals surface area contributed by atoms with Gasteiger partial charge in [-0.1, -0.05) is 12.2 Å². The molecule has 0 aliphatic carbocycles. The number of thiocarbonyl (C=S) groups is 1. The van der Waals surface area contributed by atoms with E-state index in [1.165, 1.54) is 13.2 Å². The highest BCUT2D eigenvalue weighted by atomic mass is 32.1. The molecule has 11 nitrogen and oxygen atoms in total. The van der Waals surface area contributed by atoms with Gasteiger partial charge in [-0.2, -0.15) is 9.58 Å². The van der Waals surface area contributed by atoms with E-state index in [1.54, 1.807) is 0 Å². The molecule has 1 fully saturated rings. The van der Waals surface area contributed by atoms with Crippen molar-refractivity contribution in [3.05, 3.63) is 17.4 Å². The summed E-state index contributed by atoms with van der Waals surface area (Å²) in [6.07, 6.45) is 1.48. The molecule has 1 aliphatic heterocycles. The second-order valence-electron chi connectivity index (χ2n) is 5.48. The van der Waals surface area contributed by atoms with Gasteiger partial charge < -0.3 is 20.5 Å². The van der Waals surface area contributed by atoms with Gasteiger partial charge in [-0.25, -0.2) is 5.43 Å². The fourth-order valence-electron chi connectivity index (χ4n) is 2.39. The molecular weight excluding hydrogens is 348 g/mol. The van der Waals surface area contributed by atoms with Gasteiger partial charge in [-0.15, -0.1) is 5.10 Å². The van der Waals surface area contributed by atoms with Gasteiger partial charge in [0, 0.05) is 20.1 Å². The molecule has 134 valence electrons. The quantitative estimate of drug-likeness (QED) is 0.219. The van der Waals surface area contributed by atoms with Gasteiger partial charge in [0.25, 0.3) is 0 Å². The molecule has 0 radical (unpaired) electrons. The van der Waals surface area contributed by atoms with Crippen LogP contribution in [0.2, 0.25) is 0 Å². The Morgan fingerprint density at radius 2 is 2.00 bits per heavy atom. The molecule has 2 amide bonds. The highest BCUT2D eigenvalue weighted by Crippen LogP contribution is 2.13. The first-order valence-electron chi connectivity index (χ1n) is 7.48. The van der Waals surface area contributed by atoms with Crippen molar-refractivity contribution in [2.75, 3.05) is 25.6 Å². The van der Waals surface area contributed by atoms with E-state index in [-0.39, 0.29) is 12.2 Å². The third kappa shape index (κ3) is 4.44. The van der Waals surface area contributed by atoms with Crippen molar-refractivity contribution in [1.29, 1.82) is 0 Å². The number of carbonyl (C=O) groups is 2. The lowest BCUT2D eigenvalue weighted by Crippen LogP contribution is -2.48. The minimum Gasteiger partial charge on any atom is -0.372 e. The molecule has 2 N–H and O–H groups in total. The van der Waals surface area contributed by atoms with Gasteiger partial charge in [-0.3, -0.25) is 9.59 Å². The van der Waals surface area contributed by atoms with Gasteiger partial charge in [0.1, 0.15) is 10.7 Å². The van der Waals surface area contributed by atoms with Crippen molar-refractivity contribution in [1.82, 2.24) is 25.3 Å². The Labute approximate surface area is 148 Å². The van der Waals surface area contributed by atoms with Gasteiger partial charge in [0.15, 0.2) is 0 Å². The number of hydrogen-bond donors (Lipinski definition) is 2. The van der Waals surface area contributed by atoms with Crippen molar-refractivity contribution >= 4 is 34.7 Å². The SMILES string of the molecule is CNC(=O)C(=[N+]=[N-])C(=O)Nn1cc(C(=S)N2C[C@@H](C)O[C@@H](C)C2)nn1. The second kappa shape index (κ2) is 7.92. The van der Waals surface area contributed by atoms with Crippen LogP contribution in [-0.2, 0) is 14.3 Å². The summed E-state index contributed by atoms with van der Waals surface area (Å²) in [6, 6.07) is 0. The van der Waals surface area contributed by atoms with Crippen LogP contribution in [0.25, 0.3) is 5.53 Å². The van der Waals surface area contributed by atoms with E-state index < -0.39 is 17.5 Å². The minimum atomic E-state index is -0.946. The third-order valence-electron chi connectivity index (χ3n) is 3.39. The molecule has 0 saturated carbocycles. The van der Waals surface area contributed by atoms with Crippen LogP contribution in [0.15, 0.2) is 6.20 Å². The molecule has 0 spiro atoms. The molecular formula is C13H18N8O3S. The average Bonchev–Trinajstić information content (AvgIpc) is 3.02. The Morgan fingerprint density at radius 1 is 1.36 bits per heavy atom. The highest BCUT2D eigenvalue weighted by Gasteiger charge is 2.30. The smallest absolute Gasteiger partial charge is 0.372 e. The maximum absolute atomic E-state index is 11.9. The number of nitrogens with zero attached hydrogens (tertiary/aromatic N) is 6. The van der Waals surface area contributed by atoms with E-state index in [2.05, 4.69) is 25.8 Å². The summed E-state index contributed by atoms with van der Waals surface area (Å²) in [7, 11) is 1.30. The van der Waals surface area contributed by atoms with Crippen LogP contribution in [0.1, 0.15) is 19.5 Å². The maximum Gasteiger partial charge on any atom is 0.444 e. The summed E-state index contributed by atoms with van der Waals surface area (Å²) in [6.45, 7) is 5.16. The van der Waals surface area contributed by atoms with E-state index >= 15 is 0 Å². The Kier molecular flexibility index (Phi) is 5.91. The van der Waals surface area contributed by atoms with Crippen LogP contribution in [0, 0.1) is 0 Å². The van der Waals surface area contributed by atoms with E-state index in [1.807, 2.05) is 18.7 Å². The molecule has 2 heterocycles. The number of aromatic nitrogens is 3. The summed E-state index contributed by atoms with van der Waals surface area (Å²) >= 11 is 5.42. The first-order valence-corrected chi connectivity index (χ1v) is 7.89. The predicted molar refractivity (Wildman–Crippen MR) is 90.4 cm³/mol. The zero-order valence-corrected chi connectivity index (χ0v) is 14.8. The van der Waals surface area contributed by atoms with Crippen molar-refractivity contribution < 1.29 is 19.1 Å². The molecule has 12 heteroatoms. The fourth-order valence-corrected chi connectivity index (χ4v) is 2.63. The molecule has 0 aromatic carbocycles. The van der Waals surface area contributed by atoms with Crippen LogP contribution < -0.4 is 10.7 Å². The molecule has 25 heavy (non-hydrogen) atoms. The van der Waals surface area contributed by atoms with Crippen molar-refractivity contribution in [3.8, 4) is 0 Å². The minimum absolute atomic E-state index is 0.0346. The van der Waals surface area contributed by atoms with E-state index in [4.69, 9.17) is 22.5 Å². The van der Waals surface area contributed by atoms with Crippen molar-refractivity contribution in [2.45, 2.75) is 26.1 Å². The van der Waals surface area contributed by atoms with Crippen LogP contribution >= 0.6 is 12.2 Å². The zero-order chi connectivity index (χ0) is 18.6. The molecule has 1 aromatic rings. The number of amides is 2. The number of rotatable bonds is 4. The van der Waals surface area contributed by atoms with Crippen LogP contribution in [0.4, 0.5) is 0 Å². The fraction of sp³-hybridized carbons (Fsp3) is 0.538. The van der Waals surface area contributed by atoms with Gasteiger partial charge in [-0.05, 0) is 19.1 Å². The van der Waals surface area contributed by atoms with Crippen LogP contribution in [-0.4, -0.2) is 79.7 Å². The predicted octanol–water partition coefficient (Wildman–Crippen LogP) is -1.45. The number of nitrogens with one attached hydrogen (secondary N) is 2. The highest BCUT2D eigenvalue weighted by molar-refractivity contribution is 7.80. The van der Waals surface area contributed by atoms with Crippen molar-refractivity contribution in [2.24, 2.45) is 0 Å². The lowest BCUT2D eigenvalue weighted by molar-refractivity contribution is -0.124. The topological polar surface area (TPSA) is 138 Å². The standard InChI is InChI=1S/C13H18N8O3S/c1-7-4-20(5-8(2)24-7)13(25)9-6-21(19-17-9)18-12(23)10(16-14)11(22)15-3/h6-8H,4-5H2,1-3H3,(H,15,22)(H,18,23)/t7-,8+. The van der Waals surface area contributed by atoms with E-state index in [9.17, 15) is 9.59 Å². The molecule has 0 unspecified atom stereocenters. The molecule has 2 rings (SSSR count). The Bertz CT molecular complexity index is 731. The molecule has 1 aromatic heterocycles. The summed E-state index contributed by atoms with van der Waals surface area (Å²) in [5, 5.41) is 9.83. The number of ether oxygens (including phenoxy) is 1. The third-order valence-corrected chi connectivity index (χ3v) is 3.86. The van der Waals surface area contributed by atoms with Gasteiger partial charge in [0.05, 0.1) is 18.4 Å². The van der Waals surface area contributed by atoms with E-state index in [0.717, 1.165) is 4.79 Å². The summed E-state index contributed by atoms with van der Waals surface area (Å²) in [4.78, 5) is 29.4. The summed E-state index contributed by atoms with van der Waals surface area (Å²) in [5.41, 5.74) is 10.7. The number of hydrogen-bond acceptors (Lipinski definition) is 6. The van der Waals surface area contributed by atoms with Crippen molar-refractivity contribution in [3.63, 3.8) is 0 Å². The molecule has 1 saturated heterocycles. The second-order valence-corrected chi connectivity index (χ2v) is 5.87. The Balaban J connectivity index is 2.07. The normalized spacial score (nSPS) is 19.7. The van der Waals surface area contributed by atoms with Gasteiger partial charge >= 0.3 is 17.5 Å². The number of morpholine rings is 1. The first kappa shape index (κ1) is 18.6. The average molecular weight is 366 g/mol. The zero-order valence-electron chi connectivity index (χ0n) is 14.0. The number of carbonyl (C=O) groups excluding carboxylic acids is 2. The lowest BCUT2D eigenvalue weighted by Gasteiger charge is -2.36. The first-order chi connectivity index (χ1) is 11.8. The van der Waals surface area contributed by atoms with Gasteiger partial charge in [0.2, 0.25) is 0 Å². The lowest BCUT2D eigenvalue weighted by atomic mass is 10.2. The molecule has 2 atom stereocenters. The largest absolute Gasteiger partial charge is 0.444 e. The molecule has 0 bridgehead atoms. The Hall–Kier alpha value is -2.69. The maximum atomic E-state index is 11.9. The van der Waals surface area contributed by atoms with E-state index in [0.29, 0.717) is 23.8 Å². The van der Waals surface area contributed by atoms with Crippen LogP contribution in [0.3, 0.4) is 0 Å². The molecule has 1 aliphatic rings. The van der Waals surface area contributed by atoms with Crippen LogP contribution in [0.5, 0.6) is 0 Å².